The first-order valence-electron chi connectivity index (χ1n) is 6.10. The molecule has 7 nitrogen and oxygen atoms in total. The Morgan fingerprint density at radius 2 is 2.17 bits per heavy atom. The van der Waals surface area contributed by atoms with E-state index < -0.39 is 12.1 Å². The van der Waals surface area contributed by atoms with E-state index in [1.54, 1.807) is 4.90 Å². The van der Waals surface area contributed by atoms with Crippen LogP contribution in [0, 0.1) is 0 Å². The van der Waals surface area contributed by atoms with Gasteiger partial charge in [-0.1, -0.05) is 5.10 Å². The van der Waals surface area contributed by atoms with Crippen molar-refractivity contribution in [3.05, 3.63) is 5.89 Å². The minimum absolute atomic E-state index is 0.170. The summed E-state index contributed by atoms with van der Waals surface area (Å²) < 4.78 is 10.9. The topological polar surface area (TPSA) is 88.7 Å². The van der Waals surface area contributed by atoms with E-state index in [1.165, 1.54) is 0 Å². The zero-order chi connectivity index (χ0) is 12.7. The fourth-order valence-electron chi connectivity index (χ4n) is 2.09. The third-order valence-corrected chi connectivity index (χ3v) is 3.16. The Balaban J connectivity index is 1.74. The Hall–Kier alpha value is -1.63. The van der Waals surface area contributed by atoms with Crippen molar-refractivity contribution in [1.82, 2.24) is 10.2 Å². The van der Waals surface area contributed by atoms with Crippen molar-refractivity contribution in [3.8, 4) is 0 Å². The van der Waals surface area contributed by atoms with Crippen molar-refractivity contribution < 1.29 is 19.1 Å². The maximum atomic E-state index is 11.0. The summed E-state index contributed by atoms with van der Waals surface area (Å²) in [4.78, 5) is 12.8. The van der Waals surface area contributed by atoms with Gasteiger partial charge in [0.15, 0.2) is 6.10 Å². The smallest absolute Gasteiger partial charge is 0.334 e. The van der Waals surface area contributed by atoms with Crippen molar-refractivity contribution >= 4 is 12.0 Å². The van der Waals surface area contributed by atoms with Gasteiger partial charge in [-0.15, -0.1) is 5.10 Å². The van der Waals surface area contributed by atoms with Crippen LogP contribution in [-0.2, 0) is 9.53 Å². The molecule has 1 aromatic rings. The molecule has 18 heavy (non-hydrogen) atoms. The number of carboxylic acids is 1. The summed E-state index contributed by atoms with van der Waals surface area (Å²) in [7, 11) is 0. The fraction of sp³-hybridized carbons (Fsp3) is 0.727. The quantitative estimate of drug-likeness (QED) is 0.844. The minimum atomic E-state index is -0.964. The molecule has 0 bridgehead atoms. The molecule has 7 heteroatoms. The Labute approximate surface area is 104 Å². The van der Waals surface area contributed by atoms with Crippen LogP contribution in [-0.4, -0.2) is 46.6 Å². The van der Waals surface area contributed by atoms with Gasteiger partial charge in [0, 0.05) is 12.5 Å². The van der Waals surface area contributed by atoms with E-state index in [-0.39, 0.29) is 12.6 Å². The normalized spacial score (nSPS) is 28.4. The number of anilines is 1. The highest BCUT2D eigenvalue weighted by Gasteiger charge is 2.34. The van der Waals surface area contributed by atoms with Crippen LogP contribution in [0.3, 0.4) is 0 Å². The number of aromatic nitrogens is 2. The van der Waals surface area contributed by atoms with E-state index in [9.17, 15) is 4.79 Å². The molecule has 1 saturated carbocycles. The second-order valence-electron chi connectivity index (χ2n) is 4.88. The summed E-state index contributed by atoms with van der Waals surface area (Å²) in [5.74, 6) is 0.101. The monoisotopic (exact) mass is 253 g/mol. The highest BCUT2D eigenvalue weighted by Crippen LogP contribution is 2.40. The third-order valence-electron chi connectivity index (χ3n) is 3.16. The molecule has 0 unspecified atom stereocenters. The van der Waals surface area contributed by atoms with E-state index >= 15 is 0 Å². The van der Waals surface area contributed by atoms with E-state index in [0.717, 1.165) is 12.8 Å². The summed E-state index contributed by atoms with van der Waals surface area (Å²) in [6, 6.07) is 0.401. The van der Waals surface area contributed by atoms with Gasteiger partial charge in [0.25, 0.3) is 0 Å². The molecule has 0 aromatic carbocycles. The molecule has 1 aromatic heterocycles. The van der Waals surface area contributed by atoms with Crippen molar-refractivity contribution in [2.24, 2.45) is 0 Å². The number of carbonyl (C=O) groups is 1. The van der Waals surface area contributed by atoms with Crippen LogP contribution in [0.1, 0.15) is 31.6 Å². The molecule has 2 fully saturated rings. The summed E-state index contributed by atoms with van der Waals surface area (Å²) in [5, 5.41) is 17.0. The number of nitrogens with zero attached hydrogens (tertiary/aromatic N) is 3. The van der Waals surface area contributed by atoms with Gasteiger partial charge in [-0.05, 0) is 19.8 Å². The molecule has 1 N–H and O–H groups in total. The first kappa shape index (κ1) is 11.5. The lowest BCUT2D eigenvalue weighted by Crippen LogP contribution is -2.50. The number of ether oxygens (including phenoxy) is 1. The number of morpholine rings is 1. The van der Waals surface area contributed by atoms with Crippen molar-refractivity contribution in [2.75, 3.05) is 18.0 Å². The number of hydrogen-bond donors (Lipinski definition) is 1. The van der Waals surface area contributed by atoms with Crippen LogP contribution in [0.4, 0.5) is 6.01 Å². The second kappa shape index (κ2) is 4.24. The lowest BCUT2D eigenvalue weighted by Gasteiger charge is -2.33. The van der Waals surface area contributed by atoms with Gasteiger partial charge in [0.1, 0.15) is 0 Å². The maximum Gasteiger partial charge on any atom is 0.334 e. The molecule has 1 aliphatic heterocycles. The van der Waals surface area contributed by atoms with Gasteiger partial charge in [-0.2, -0.15) is 0 Å². The maximum absolute atomic E-state index is 11.0. The Morgan fingerprint density at radius 3 is 2.83 bits per heavy atom. The molecule has 2 aliphatic rings. The predicted octanol–water partition coefficient (Wildman–Crippen LogP) is 0.625. The Morgan fingerprint density at radius 1 is 1.39 bits per heavy atom. The largest absolute Gasteiger partial charge is 0.479 e. The zero-order valence-corrected chi connectivity index (χ0v) is 10.1. The van der Waals surface area contributed by atoms with Crippen molar-refractivity contribution in [2.45, 2.75) is 37.9 Å². The van der Waals surface area contributed by atoms with E-state index in [4.69, 9.17) is 14.3 Å². The number of aliphatic carboxylic acids is 1. The third kappa shape index (κ3) is 2.17. The van der Waals surface area contributed by atoms with Crippen LogP contribution >= 0.6 is 0 Å². The molecule has 2 heterocycles. The van der Waals surface area contributed by atoms with Gasteiger partial charge < -0.3 is 19.2 Å². The molecule has 0 spiro atoms. The molecule has 0 amide bonds. The molecule has 1 aliphatic carbocycles. The Bertz CT molecular complexity index is 457. The van der Waals surface area contributed by atoms with Crippen LogP contribution in [0.15, 0.2) is 4.42 Å². The highest BCUT2D eigenvalue weighted by atomic mass is 16.5. The van der Waals surface area contributed by atoms with E-state index in [1.807, 2.05) is 6.92 Å². The standard InChI is InChI=1S/C11H15N3O4/c1-6-4-14(5-8(17-6)10(15)16)11-13-12-9(18-11)7-2-3-7/h6-8H,2-5H2,1H3,(H,15,16)/t6-,8+/m1/s1. The molecule has 2 atom stereocenters. The summed E-state index contributed by atoms with van der Waals surface area (Å²) in [5.41, 5.74) is 0. The van der Waals surface area contributed by atoms with Gasteiger partial charge >= 0.3 is 12.0 Å². The summed E-state index contributed by atoms with van der Waals surface area (Å²) in [6.45, 7) is 2.64. The predicted molar refractivity (Wildman–Crippen MR) is 60.5 cm³/mol. The second-order valence-corrected chi connectivity index (χ2v) is 4.88. The molecule has 98 valence electrons. The molecular weight excluding hydrogens is 238 g/mol. The van der Waals surface area contributed by atoms with Gasteiger partial charge in [0.05, 0.1) is 12.6 Å². The summed E-state index contributed by atoms with van der Waals surface area (Å²) in [6.07, 6.45) is 1.18. The molecular formula is C11H15N3O4. The van der Waals surface area contributed by atoms with Gasteiger partial charge in [0.2, 0.25) is 5.89 Å². The van der Waals surface area contributed by atoms with E-state index in [2.05, 4.69) is 10.2 Å². The number of hydrogen-bond acceptors (Lipinski definition) is 6. The highest BCUT2D eigenvalue weighted by molar-refractivity contribution is 5.73. The van der Waals surface area contributed by atoms with Gasteiger partial charge in [-0.25, -0.2) is 4.79 Å². The summed E-state index contributed by atoms with van der Waals surface area (Å²) >= 11 is 0. The van der Waals surface area contributed by atoms with Gasteiger partial charge in [-0.3, -0.25) is 0 Å². The van der Waals surface area contributed by atoms with Crippen LogP contribution in [0.25, 0.3) is 0 Å². The molecule has 3 rings (SSSR count). The van der Waals surface area contributed by atoms with Crippen LogP contribution in [0.5, 0.6) is 0 Å². The van der Waals surface area contributed by atoms with Crippen molar-refractivity contribution in [1.29, 1.82) is 0 Å². The Kier molecular flexibility index (Phi) is 2.70. The van der Waals surface area contributed by atoms with Crippen LogP contribution < -0.4 is 4.90 Å². The zero-order valence-electron chi connectivity index (χ0n) is 10.1. The average Bonchev–Trinajstić information content (AvgIpc) is 3.06. The number of carboxylic acid groups (broad SMARTS) is 1. The minimum Gasteiger partial charge on any atom is -0.479 e. The molecule has 1 saturated heterocycles. The fourth-order valence-corrected chi connectivity index (χ4v) is 2.09. The SMILES string of the molecule is C[C@@H]1CN(c2nnc(C3CC3)o2)C[C@@H](C(=O)O)O1. The average molecular weight is 253 g/mol. The van der Waals surface area contributed by atoms with Crippen molar-refractivity contribution in [3.63, 3.8) is 0 Å². The van der Waals surface area contributed by atoms with E-state index in [0.29, 0.717) is 24.4 Å². The van der Waals surface area contributed by atoms with Crippen LogP contribution in [0.2, 0.25) is 0 Å². The lowest BCUT2D eigenvalue weighted by atomic mass is 10.2. The first-order valence-corrected chi connectivity index (χ1v) is 6.10. The lowest BCUT2D eigenvalue weighted by molar-refractivity contribution is -0.154. The number of rotatable bonds is 3. The molecule has 0 radical (unpaired) electrons. The first-order chi connectivity index (χ1) is 8.63.